The van der Waals surface area contributed by atoms with Crippen LogP contribution < -0.4 is 11.1 Å². The van der Waals surface area contributed by atoms with Crippen LogP contribution in [0.5, 0.6) is 0 Å². The van der Waals surface area contributed by atoms with Gasteiger partial charge in [0.25, 0.3) is 0 Å². The number of hydrogen-bond donors (Lipinski definition) is 3. The standard InChI is InChI=1S/C14H25N3O4/c1-9(2)6-10(11(18)19)7-16-13(21)17-5-4-14(3,8-17)12(15)20/h9-10H,4-8H2,1-3H3,(H2,15,20)(H,16,21)(H,18,19). The SMILES string of the molecule is CC(C)CC(CNC(=O)N1CCC(C)(C(N)=O)C1)C(=O)O. The van der Waals surface area contributed by atoms with Crippen molar-refractivity contribution < 1.29 is 19.5 Å². The Morgan fingerprint density at radius 2 is 2.00 bits per heavy atom. The third-order valence-corrected chi connectivity index (χ3v) is 3.96. The van der Waals surface area contributed by atoms with E-state index in [1.165, 1.54) is 4.90 Å². The van der Waals surface area contributed by atoms with Gasteiger partial charge in [-0.3, -0.25) is 9.59 Å². The van der Waals surface area contributed by atoms with Gasteiger partial charge >= 0.3 is 12.0 Å². The molecule has 1 heterocycles. The molecular weight excluding hydrogens is 274 g/mol. The van der Waals surface area contributed by atoms with Crippen LogP contribution in [0.1, 0.15) is 33.6 Å². The van der Waals surface area contributed by atoms with Gasteiger partial charge < -0.3 is 21.1 Å². The molecule has 0 aromatic rings. The third kappa shape index (κ3) is 4.61. The van der Waals surface area contributed by atoms with E-state index in [0.29, 0.717) is 19.4 Å². The molecule has 1 fully saturated rings. The molecule has 7 heteroatoms. The fourth-order valence-electron chi connectivity index (χ4n) is 2.50. The van der Waals surface area contributed by atoms with E-state index in [1.54, 1.807) is 6.92 Å². The van der Waals surface area contributed by atoms with Crippen molar-refractivity contribution >= 4 is 17.9 Å². The number of carbonyl (C=O) groups excluding carboxylic acids is 2. The molecule has 3 amide bonds. The molecule has 1 aliphatic heterocycles. The summed E-state index contributed by atoms with van der Waals surface area (Å²) in [5.74, 6) is -1.68. The maximum Gasteiger partial charge on any atom is 0.317 e. The lowest BCUT2D eigenvalue weighted by molar-refractivity contribution is -0.142. The fraction of sp³-hybridized carbons (Fsp3) is 0.786. The Morgan fingerprint density at radius 3 is 2.43 bits per heavy atom. The van der Waals surface area contributed by atoms with E-state index in [1.807, 2.05) is 13.8 Å². The van der Waals surface area contributed by atoms with Crippen LogP contribution in [0.4, 0.5) is 4.79 Å². The number of aliphatic carboxylic acids is 1. The second-order valence-electron chi connectivity index (χ2n) is 6.45. The molecule has 2 atom stereocenters. The van der Waals surface area contributed by atoms with Crippen LogP contribution in [-0.4, -0.2) is 47.5 Å². The van der Waals surface area contributed by atoms with Gasteiger partial charge in [-0.05, 0) is 25.7 Å². The van der Waals surface area contributed by atoms with Gasteiger partial charge in [0.2, 0.25) is 5.91 Å². The molecule has 0 spiro atoms. The zero-order chi connectivity index (χ0) is 16.2. The number of rotatable bonds is 6. The van der Waals surface area contributed by atoms with Crippen molar-refractivity contribution in [2.75, 3.05) is 19.6 Å². The average Bonchev–Trinajstić information content (AvgIpc) is 2.77. The topological polar surface area (TPSA) is 113 Å². The number of carboxylic acids is 1. The zero-order valence-corrected chi connectivity index (χ0v) is 12.9. The molecule has 0 aliphatic carbocycles. The van der Waals surface area contributed by atoms with Crippen molar-refractivity contribution in [3.8, 4) is 0 Å². The number of nitrogens with zero attached hydrogens (tertiary/aromatic N) is 1. The van der Waals surface area contributed by atoms with E-state index in [4.69, 9.17) is 10.8 Å². The largest absolute Gasteiger partial charge is 0.481 e. The van der Waals surface area contributed by atoms with E-state index in [0.717, 1.165) is 0 Å². The molecule has 1 saturated heterocycles. The Labute approximate surface area is 124 Å². The molecule has 0 aromatic heterocycles. The molecular formula is C14H25N3O4. The minimum absolute atomic E-state index is 0.0934. The average molecular weight is 299 g/mol. The van der Waals surface area contributed by atoms with Crippen LogP contribution in [0.25, 0.3) is 0 Å². The number of primary amides is 1. The van der Waals surface area contributed by atoms with Gasteiger partial charge in [0.1, 0.15) is 0 Å². The summed E-state index contributed by atoms with van der Waals surface area (Å²) in [5, 5.41) is 11.8. The second-order valence-corrected chi connectivity index (χ2v) is 6.45. The number of amides is 3. The first-order valence-corrected chi connectivity index (χ1v) is 7.21. The lowest BCUT2D eigenvalue weighted by Gasteiger charge is -2.22. The van der Waals surface area contributed by atoms with E-state index >= 15 is 0 Å². The number of hydrogen-bond acceptors (Lipinski definition) is 3. The summed E-state index contributed by atoms with van der Waals surface area (Å²) in [6, 6.07) is -0.338. The summed E-state index contributed by atoms with van der Waals surface area (Å²) in [7, 11) is 0. The van der Waals surface area contributed by atoms with Gasteiger partial charge in [0.05, 0.1) is 11.3 Å². The molecule has 0 radical (unpaired) electrons. The predicted octanol–water partition coefficient (Wildman–Crippen LogP) is 0.640. The quantitative estimate of drug-likeness (QED) is 0.668. The summed E-state index contributed by atoms with van der Waals surface area (Å²) in [5.41, 5.74) is 4.64. The lowest BCUT2D eigenvalue weighted by Crippen LogP contribution is -2.44. The number of carboxylic acid groups (broad SMARTS) is 1. The Balaban J connectivity index is 2.51. The van der Waals surface area contributed by atoms with Crippen molar-refractivity contribution in [1.29, 1.82) is 0 Å². The maximum absolute atomic E-state index is 12.0. The van der Waals surface area contributed by atoms with E-state index in [2.05, 4.69) is 5.32 Å². The summed E-state index contributed by atoms with van der Waals surface area (Å²) in [6.45, 7) is 6.44. The number of nitrogens with one attached hydrogen (secondary N) is 1. The molecule has 120 valence electrons. The second kappa shape index (κ2) is 6.78. The first-order valence-electron chi connectivity index (χ1n) is 7.21. The van der Waals surface area contributed by atoms with Crippen molar-refractivity contribution in [2.24, 2.45) is 23.0 Å². The van der Waals surface area contributed by atoms with Gasteiger partial charge in [0, 0.05) is 19.6 Å². The molecule has 0 bridgehead atoms. The highest BCUT2D eigenvalue weighted by Crippen LogP contribution is 2.29. The van der Waals surface area contributed by atoms with Crippen molar-refractivity contribution in [1.82, 2.24) is 10.2 Å². The summed E-state index contributed by atoms with van der Waals surface area (Å²) in [6.07, 6.45) is 1.04. The van der Waals surface area contributed by atoms with Crippen LogP contribution in [0.3, 0.4) is 0 Å². The van der Waals surface area contributed by atoms with E-state index in [-0.39, 0.29) is 25.0 Å². The van der Waals surface area contributed by atoms with Gasteiger partial charge in [-0.1, -0.05) is 13.8 Å². The van der Waals surface area contributed by atoms with Crippen LogP contribution >= 0.6 is 0 Å². The minimum Gasteiger partial charge on any atom is -0.481 e. The van der Waals surface area contributed by atoms with Crippen LogP contribution in [0, 0.1) is 17.3 Å². The van der Waals surface area contributed by atoms with Gasteiger partial charge in [-0.2, -0.15) is 0 Å². The molecule has 7 nitrogen and oxygen atoms in total. The molecule has 1 rings (SSSR count). The predicted molar refractivity (Wildman–Crippen MR) is 77.5 cm³/mol. The van der Waals surface area contributed by atoms with Crippen LogP contribution in [-0.2, 0) is 9.59 Å². The first kappa shape index (κ1) is 17.3. The van der Waals surface area contributed by atoms with Crippen molar-refractivity contribution in [3.63, 3.8) is 0 Å². The number of carbonyl (C=O) groups is 3. The molecule has 0 saturated carbocycles. The molecule has 21 heavy (non-hydrogen) atoms. The van der Waals surface area contributed by atoms with E-state index in [9.17, 15) is 14.4 Å². The normalized spacial score (nSPS) is 23.1. The number of likely N-dealkylation sites (tertiary alicyclic amines) is 1. The monoisotopic (exact) mass is 299 g/mol. The van der Waals surface area contributed by atoms with Crippen LogP contribution in [0.2, 0.25) is 0 Å². The Hall–Kier alpha value is -1.79. The Kier molecular flexibility index (Phi) is 5.57. The number of nitrogens with two attached hydrogens (primary N) is 1. The van der Waals surface area contributed by atoms with E-state index < -0.39 is 23.2 Å². The fourth-order valence-corrected chi connectivity index (χ4v) is 2.50. The highest BCUT2D eigenvalue weighted by Gasteiger charge is 2.40. The minimum atomic E-state index is -0.910. The van der Waals surface area contributed by atoms with Crippen molar-refractivity contribution in [2.45, 2.75) is 33.6 Å². The smallest absolute Gasteiger partial charge is 0.317 e. The molecule has 2 unspecified atom stereocenters. The number of urea groups is 1. The Bertz CT molecular complexity index is 424. The summed E-state index contributed by atoms with van der Waals surface area (Å²) in [4.78, 5) is 36.0. The van der Waals surface area contributed by atoms with Crippen molar-refractivity contribution in [3.05, 3.63) is 0 Å². The van der Waals surface area contributed by atoms with Gasteiger partial charge in [-0.25, -0.2) is 4.79 Å². The lowest BCUT2D eigenvalue weighted by atomic mass is 9.89. The maximum atomic E-state index is 12.0. The summed E-state index contributed by atoms with van der Waals surface area (Å²) < 4.78 is 0. The molecule has 4 N–H and O–H groups in total. The molecule has 1 aliphatic rings. The third-order valence-electron chi connectivity index (χ3n) is 3.96. The highest BCUT2D eigenvalue weighted by molar-refractivity contribution is 5.83. The van der Waals surface area contributed by atoms with Gasteiger partial charge in [0.15, 0.2) is 0 Å². The Morgan fingerprint density at radius 1 is 1.38 bits per heavy atom. The zero-order valence-electron chi connectivity index (χ0n) is 12.9. The first-order chi connectivity index (χ1) is 9.65. The van der Waals surface area contributed by atoms with Crippen LogP contribution in [0.15, 0.2) is 0 Å². The van der Waals surface area contributed by atoms with Gasteiger partial charge in [-0.15, -0.1) is 0 Å². The highest BCUT2D eigenvalue weighted by atomic mass is 16.4. The molecule has 0 aromatic carbocycles. The summed E-state index contributed by atoms with van der Waals surface area (Å²) >= 11 is 0.